The number of aliphatic hydroxyl groups excluding tert-OH is 1. The van der Waals surface area contributed by atoms with Crippen LogP contribution < -0.4 is 5.48 Å². The van der Waals surface area contributed by atoms with Crippen LogP contribution in [0.15, 0.2) is 24.3 Å². The van der Waals surface area contributed by atoms with Gasteiger partial charge in [0.1, 0.15) is 5.82 Å². The Morgan fingerprint density at radius 3 is 2.81 bits per heavy atom. The molecule has 0 aliphatic rings. The van der Waals surface area contributed by atoms with Crippen molar-refractivity contribution in [3.05, 3.63) is 35.6 Å². The Bertz CT molecular complexity index is 309. The van der Waals surface area contributed by atoms with Crippen LogP contribution in [0, 0.1) is 5.82 Å². The molecule has 2 N–H and O–H groups in total. The molecule has 0 aliphatic heterocycles. The van der Waals surface area contributed by atoms with Gasteiger partial charge in [-0.1, -0.05) is 18.2 Å². The zero-order chi connectivity index (χ0) is 11.8. The van der Waals surface area contributed by atoms with Gasteiger partial charge in [-0.15, -0.1) is 0 Å². The Morgan fingerprint density at radius 2 is 2.12 bits per heavy atom. The molecule has 0 saturated heterocycles. The van der Waals surface area contributed by atoms with E-state index in [2.05, 4.69) is 5.48 Å². The van der Waals surface area contributed by atoms with Gasteiger partial charge in [-0.05, 0) is 6.07 Å². The van der Waals surface area contributed by atoms with E-state index < -0.39 is 11.9 Å². The molecule has 4 nitrogen and oxygen atoms in total. The molecule has 0 radical (unpaired) electrons. The van der Waals surface area contributed by atoms with Crippen LogP contribution in [0.1, 0.15) is 11.7 Å². The van der Waals surface area contributed by atoms with Crippen molar-refractivity contribution in [2.24, 2.45) is 0 Å². The van der Waals surface area contributed by atoms with E-state index in [4.69, 9.17) is 9.57 Å². The molecule has 1 atom stereocenters. The standard InChI is InChI=1S/C11H16FNO3/c1-15-6-7-16-13-8-11(14)9-4-2-3-5-10(9)12/h2-5,11,13-14H,6-8H2,1H3. The largest absolute Gasteiger partial charge is 0.387 e. The smallest absolute Gasteiger partial charge is 0.129 e. The molecule has 0 aliphatic carbocycles. The van der Waals surface area contributed by atoms with Crippen molar-refractivity contribution in [1.29, 1.82) is 0 Å². The van der Waals surface area contributed by atoms with Crippen molar-refractivity contribution in [3.63, 3.8) is 0 Å². The molecule has 0 bridgehead atoms. The maximum Gasteiger partial charge on any atom is 0.129 e. The second-order valence-electron chi connectivity index (χ2n) is 3.23. The number of ether oxygens (including phenoxy) is 1. The first-order valence-electron chi connectivity index (χ1n) is 5.01. The summed E-state index contributed by atoms with van der Waals surface area (Å²) in [6.45, 7) is 0.966. The maximum atomic E-state index is 13.2. The summed E-state index contributed by atoms with van der Waals surface area (Å²) in [4.78, 5) is 4.95. The molecule has 0 amide bonds. The monoisotopic (exact) mass is 229 g/mol. The summed E-state index contributed by atoms with van der Waals surface area (Å²) in [6.07, 6.45) is -0.927. The topological polar surface area (TPSA) is 50.7 Å². The van der Waals surface area contributed by atoms with Gasteiger partial charge >= 0.3 is 0 Å². The van der Waals surface area contributed by atoms with Crippen molar-refractivity contribution in [3.8, 4) is 0 Å². The van der Waals surface area contributed by atoms with Gasteiger partial charge in [0.25, 0.3) is 0 Å². The summed E-state index contributed by atoms with van der Waals surface area (Å²) in [5.41, 5.74) is 2.80. The van der Waals surface area contributed by atoms with Crippen LogP contribution in [0.5, 0.6) is 0 Å². The summed E-state index contributed by atoms with van der Waals surface area (Å²) in [7, 11) is 1.57. The van der Waals surface area contributed by atoms with Gasteiger partial charge in [0.2, 0.25) is 0 Å². The maximum absolute atomic E-state index is 13.2. The van der Waals surface area contributed by atoms with Crippen molar-refractivity contribution in [2.45, 2.75) is 6.10 Å². The highest BCUT2D eigenvalue weighted by atomic mass is 19.1. The molecule has 90 valence electrons. The number of aliphatic hydroxyl groups is 1. The fourth-order valence-electron chi connectivity index (χ4n) is 1.19. The second kappa shape index (κ2) is 7.29. The van der Waals surface area contributed by atoms with E-state index >= 15 is 0 Å². The average molecular weight is 229 g/mol. The third kappa shape index (κ3) is 4.24. The van der Waals surface area contributed by atoms with Crippen LogP contribution in [0.2, 0.25) is 0 Å². The van der Waals surface area contributed by atoms with Crippen LogP contribution in [0.25, 0.3) is 0 Å². The highest BCUT2D eigenvalue weighted by Gasteiger charge is 2.11. The number of methoxy groups -OCH3 is 1. The van der Waals surface area contributed by atoms with Crippen molar-refractivity contribution in [2.75, 3.05) is 26.9 Å². The summed E-state index contributed by atoms with van der Waals surface area (Å²) in [5, 5.41) is 9.64. The van der Waals surface area contributed by atoms with Gasteiger partial charge in [-0.25, -0.2) is 4.39 Å². The number of benzene rings is 1. The molecule has 0 saturated carbocycles. The number of halogens is 1. The molecule has 0 aromatic heterocycles. The SMILES string of the molecule is COCCONCC(O)c1ccccc1F. The van der Waals surface area contributed by atoms with E-state index in [-0.39, 0.29) is 12.1 Å². The minimum Gasteiger partial charge on any atom is -0.387 e. The number of hydrogen-bond donors (Lipinski definition) is 2. The zero-order valence-electron chi connectivity index (χ0n) is 9.15. The molecule has 1 aromatic rings. The molecule has 0 fully saturated rings. The minimum atomic E-state index is -0.927. The molecule has 0 spiro atoms. The van der Waals surface area contributed by atoms with E-state index in [9.17, 15) is 9.50 Å². The molecule has 0 heterocycles. The molecule has 5 heteroatoms. The highest BCUT2D eigenvalue weighted by molar-refractivity contribution is 5.19. The van der Waals surface area contributed by atoms with Gasteiger partial charge < -0.3 is 9.84 Å². The number of rotatable bonds is 7. The Balaban J connectivity index is 2.30. The van der Waals surface area contributed by atoms with Crippen LogP contribution in [-0.2, 0) is 9.57 Å². The normalized spacial score (nSPS) is 12.7. The molecule has 1 unspecified atom stereocenters. The van der Waals surface area contributed by atoms with E-state index in [0.717, 1.165) is 0 Å². The third-order valence-corrected chi connectivity index (χ3v) is 2.03. The fraction of sp³-hybridized carbons (Fsp3) is 0.455. The lowest BCUT2D eigenvalue weighted by Gasteiger charge is -2.12. The summed E-state index contributed by atoms with van der Waals surface area (Å²) >= 11 is 0. The lowest BCUT2D eigenvalue weighted by atomic mass is 10.1. The van der Waals surface area contributed by atoms with Gasteiger partial charge in [0.15, 0.2) is 0 Å². The van der Waals surface area contributed by atoms with Gasteiger partial charge in [0.05, 0.1) is 25.9 Å². The quantitative estimate of drug-likeness (QED) is 0.541. The molecule has 1 aromatic carbocycles. The van der Waals surface area contributed by atoms with Gasteiger partial charge in [0, 0.05) is 12.7 Å². The minimum absolute atomic E-state index is 0.130. The number of hydrogen-bond acceptors (Lipinski definition) is 4. The number of hydroxylamine groups is 1. The Labute approximate surface area is 93.9 Å². The predicted octanol–water partition coefficient (Wildman–Crippen LogP) is 1.03. The zero-order valence-corrected chi connectivity index (χ0v) is 9.15. The summed E-state index contributed by atoms with van der Waals surface area (Å²) in [6, 6.07) is 6.10. The van der Waals surface area contributed by atoms with Gasteiger partial charge in [-0.2, -0.15) is 5.48 Å². The second-order valence-corrected chi connectivity index (χ2v) is 3.23. The van der Waals surface area contributed by atoms with Crippen LogP contribution in [0.4, 0.5) is 4.39 Å². The fourth-order valence-corrected chi connectivity index (χ4v) is 1.19. The Kier molecular flexibility index (Phi) is 5.95. The molecule has 1 rings (SSSR count). The first kappa shape index (κ1) is 13.1. The Hall–Kier alpha value is -1.01. The first-order chi connectivity index (χ1) is 7.75. The summed E-state index contributed by atoms with van der Waals surface area (Å²) < 4.78 is 18.0. The first-order valence-corrected chi connectivity index (χ1v) is 5.01. The third-order valence-electron chi connectivity index (χ3n) is 2.03. The van der Waals surface area contributed by atoms with E-state index in [0.29, 0.717) is 13.2 Å². The average Bonchev–Trinajstić information content (AvgIpc) is 2.29. The van der Waals surface area contributed by atoms with Crippen LogP contribution in [-0.4, -0.2) is 32.0 Å². The van der Waals surface area contributed by atoms with Crippen molar-refractivity contribution in [1.82, 2.24) is 5.48 Å². The van der Waals surface area contributed by atoms with E-state index in [1.54, 1.807) is 19.2 Å². The lowest BCUT2D eigenvalue weighted by molar-refractivity contribution is -0.0116. The number of nitrogens with one attached hydrogen (secondary N) is 1. The van der Waals surface area contributed by atoms with E-state index in [1.165, 1.54) is 12.1 Å². The lowest BCUT2D eigenvalue weighted by Crippen LogP contribution is -2.24. The van der Waals surface area contributed by atoms with Crippen molar-refractivity contribution >= 4 is 0 Å². The molecular formula is C11H16FNO3. The van der Waals surface area contributed by atoms with Gasteiger partial charge in [-0.3, -0.25) is 4.84 Å². The molecule has 16 heavy (non-hydrogen) atoms. The predicted molar refractivity (Wildman–Crippen MR) is 57.2 cm³/mol. The highest BCUT2D eigenvalue weighted by Crippen LogP contribution is 2.15. The van der Waals surface area contributed by atoms with Crippen LogP contribution in [0.3, 0.4) is 0 Å². The van der Waals surface area contributed by atoms with E-state index in [1.807, 2.05) is 0 Å². The summed E-state index contributed by atoms with van der Waals surface area (Å²) in [5.74, 6) is -0.423. The van der Waals surface area contributed by atoms with Crippen LogP contribution >= 0.6 is 0 Å². The van der Waals surface area contributed by atoms with Crippen molar-refractivity contribution < 1.29 is 19.1 Å². The molecular weight excluding hydrogens is 213 g/mol. The Morgan fingerprint density at radius 1 is 1.38 bits per heavy atom.